The van der Waals surface area contributed by atoms with Crippen LogP contribution in [0.3, 0.4) is 0 Å². The number of hydrogen-bond acceptors (Lipinski definition) is 3. The van der Waals surface area contributed by atoms with Crippen molar-refractivity contribution in [2.75, 3.05) is 7.11 Å². The Balaban J connectivity index is 1.43. The third kappa shape index (κ3) is 3.14. The first-order valence-electron chi connectivity index (χ1n) is 10.3. The summed E-state index contributed by atoms with van der Waals surface area (Å²) in [5, 5.41) is 6.41. The zero-order valence-electron chi connectivity index (χ0n) is 16.4. The van der Waals surface area contributed by atoms with Crippen LogP contribution in [-0.4, -0.2) is 12.7 Å². The molecule has 1 heterocycles. The molecule has 1 fully saturated rings. The van der Waals surface area contributed by atoms with E-state index in [0.717, 1.165) is 37.3 Å². The van der Waals surface area contributed by atoms with Crippen molar-refractivity contribution in [2.45, 2.75) is 50.3 Å². The second kappa shape index (κ2) is 7.14. The maximum atomic E-state index is 6.58. The molecule has 28 heavy (non-hydrogen) atoms. The van der Waals surface area contributed by atoms with Gasteiger partial charge in [0.05, 0.1) is 7.11 Å². The SMILES string of the molecule is COc1cccc2c1OC1(CCCC1)CC2NCc1ccc2ccccc2c1. The zero-order valence-corrected chi connectivity index (χ0v) is 16.4. The Morgan fingerprint density at radius 1 is 1.00 bits per heavy atom. The molecule has 5 rings (SSSR count). The fourth-order valence-corrected chi connectivity index (χ4v) is 4.91. The Bertz CT molecular complexity index is 991. The lowest BCUT2D eigenvalue weighted by Crippen LogP contribution is -2.42. The normalized spacial score (nSPS) is 20.1. The standard InChI is InChI=1S/C25H27NO2/c1-27-23-10-6-9-21-22(16-25(28-24(21)23)13-4-5-14-25)26-17-18-11-12-19-7-2-3-8-20(19)15-18/h2-3,6-12,15,22,26H,4-5,13-14,16-17H2,1H3. The van der Waals surface area contributed by atoms with Gasteiger partial charge in [-0.05, 0) is 54.2 Å². The number of hydrogen-bond donors (Lipinski definition) is 1. The molecule has 1 aliphatic carbocycles. The molecule has 1 aliphatic heterocycles. The molecule has 1 unspecified atom stereocenters. The predicted molar refractivity (Wildman–Crippen MR) is 113 cm³/mol. The van der Waals surface area contributed by atoms with Crippen LogP contribution in [0.1, 0.15) is 49.3 Å². The van der Waals surface area contributed by atoms with Crippen molar-refractivity contribution >= 4 is 10.8 Å². The highest BCUT2D eigenvalue weighted by molar-refractivity contribution is 5.82. The van der Waals surface area contributed by atoms with E-state index in [-0.39, 0.29) is 11.6 Å². The van der Waals surface area contributed by atoms with Gasteiger partial charge in [0.2, 0.25) is 0 Å². The molecule has 1 atom stereocenters. The van der Waals surface area contributed by atoms with Gasteiger partial charge in [-0.1, -0.05) is 48.5 Å². The van der Waals surface area contributed by atoms with E-state index in [1.807, 2.05) is 6.07 Å². The minimum absolute atomic E-state index is 0.0390. The van der Waals surface area contributed by atoms with Crippen molar-refractivity contribution in [2.24, 2.45) is 0 Å². The third-order valence-corrected chi connectivity index (χ3v) is 6.38. The average Bonchev–Trinajstić information content (AvgIpc) is 3.18. The number of nitrogens with one attached hydrogen (secondary N) is 1. The third-order valence-electron chi connectivity index (χ3n) is 6.38. The zero-order chi connectivity index (χ0) is 19.0. The van der Waals surface area contributed by atoms with Crippen LogP contribution >= 0.6 is 0 Å². The Morgan fingerprint density at radius 2 is 1.82 bits per heavy atom. The van der Waals surface area contributed by atoms with E-state index in [4.69, 9.17) is 9.47 Å². The number of methoxy groups -OCH3 is 1. The van der Waals surface area contributed by atoms with Crippen molar-refractivity contribution in [1.29, 1.82) is 0 Å². The maximum absolute atomic E-state index is 6.58. The Kier molecular flexibility index (Phi) is 4.48. The molecule has 0 amide bonds. The average molecular weight is 373 g/mol. The molecule has 3 aromatic rings. The Morgan fingerprint density at radius 3 is 2.64 bits per heavy atom. The Labute approximate surface area is 166 Å². The van der Waals surface area contributed by atoms with E-state index < -0.39 is 0 Å². The Hall–Kier alpha value is -2.52. The fraction of sp³-hybridized carbons (Fsp3) is 0.360. The van der Waals surface area contributed by atoms with Gasteiger partial charge in [-0.25, -0.2) is 0 Å². The van der Waals surface area contributed by atoms with Gasteiger partial charge in [0.25, 0.3) is 0 Å². The summed E-state index contributed by atoms with van der Waals surface area (Å²) in [4.78, 5) is 0. The summed E-state index contributed by atoms with van der Waals surface area (Å²) >= 11 is 0. The summed E-state index contributed by atoms with van der Waals surface area (Å²) in [6.07, 6.45) is 5.81. The van der Waals surface area contributed by atoms with Crippen LogP contribution < -0.4 is 14.8 Å². The number of benzene rings is 3. The highest BCUT2D eigenvalue weighted by Gasteiger charge is 2.43. The minimum atomic E-state index is -0.0390. The van der Waals surface area contributed by atoms with Crippen LogP contribution in [0.4, 0.5) is 0 Å². The monoisotopic (exact) mass is 373 g/mol. The predicted octanol–water partition coefficient (Wildman–Crippen LogP) is 5.77. The van der Waals surface area contributed by atoms with Crippen LogP contribution in [0.15, 0.2) is 60.7 Å². The second-order valence-corrected chi connectivity index (χ2v) is 8.19. The van der Waals surface area contributed by atoms with Gasteiger partial charge in [-0.3, -0.25) is 0 Å². The molecule has 2 aliphatic rings. The van der Waals surface area contributed by atoms with Crippen molar-refractivity contribution in [1.82, 2.24) is 5.32 Å². The molecule has 0 saturated heterocycles. The van der Waals surface area contributed by atoms with Gasteiger partial charge in [-0.2, -0.15) is 0 Å². The molecule has 1 spiro atoms. The molecule has 3 heteroatoms. The van der Waals surface area contributed by atoms with Crippen LogP contribution in [0.25, 0.3) is 10.8 Å². The summed E-state index contributed by atoms with van der Waals surface area (Å²) in [6.45, 7) is 0.849. The molecule has 0 aromatic heterocycles. The molecular weight excluding hydrogens is 346 g/mol. The molecule has 0 radical (unpaired) electrons. The molecule has 1 N–H and O–H groups in total. The summed E-state index contributed by atoms with van der Waals surface area (Å²) in [5.74, 6) is 1.79. The number of ether oxygens (including phenoxy) is 2. The van der Waals surface area contributed by atoms with Crippen molar-refractivity contribution in [3.8, 4) is 11.5 Å². The van der Waals surface area contributed by atoms with Gasteiger partial charge in [0, 0.05) is 24.6 Å². The summed E-state index contributed by atoms with van der Waals surface area (Å²) < 4.78 is 12.2. The topological polar surface area (TPSA) is 30.5 Å². The fourth-order valence-electron chi connectivity index (χ4n) is 4.91. The number of para-hydroxylation sites is 1. The largest absolute Gasteiger partial charge is 0.493 e. The van der Waals surface area contributed by atoms with E-state index in [9.17, 15) is 0 Å². The smallest absolute Gasteiger partial charge is 0.166 e. The molecule has 144 valence electrons. The van der Waals surface area contributed by atoms with Crippen LogP contribution in [-0.2, 0) is 6.54 Å². The molecule has 3 nitrogen and oxygen atoms in total. The summed E-state index contributed by atoms with van der Waals surface area (Å²) in [7, 11) is 1.73. The lowest BCUT2D eigenvalue weighted by molar-refractivity contribution is 0.0334. The summed E-state index contributed by atoms with van der Waals surface area (Å²) in [6, 6.07) is 21.8. The number of rotatable bonds is 4. The van der Waals surface area contributed by atoms with Gasteiger partial charge in [0.1, 0.15) is 5.60 Å². The van der Waals surface area contributed by atoms with Gasteiger partial charge in [0.15, 0.2) is 11.5 Å². The highest BCUT2D eigenvalue weighted by Crippen LogP contribution is 2.50. The molecular formula is C25H27NO2. The van der Waals surface area contributed by atoms with Crippen LogP contribution in [0.2, 0.25) is 0 Å². The highest BCUT2D eigenvalue weighted by atomic mass is 16.5. The second-order valence-electron chi connectivity index (χ2n) is 8.19. The van der Waals surface area contributed by atoms with Crippen LogP contribution in [0.5, 0.6) is 11.5 Å². The maximum Gasteiger partial charge on any atom is 0.166 e. The quantitative estimate of drug-likeness (QED) is 0.629. The lowest BCUT2D eigenvalue weighted by atomic mass is 9.85. The van der Waals surface area contributed by atoms with Gasteiger partial charge in [-0.15, -0.1) is 0 Å². The van der Waals surface area contributed by atoms with Crippen molar-refractivity contribution < 1.29 is 9.47 Å². The molecule has 3 aromatic carbocycles. The lowest BCUT2D eigenvalue weighted by Gasteiger charge is -2.41. The van der Waals surface area contributed by atoms with E-state index in [2.05, 4.69) is 59.9 Å². The molecule has 0 bridgehead atoms. The minimum Gasteiger partial charge on any atom is -0.493 e. The van der Waals surface area contributed by atoms with E-state index in [1.54, 1.807) is 7.11 Å². The number of fused-ring (bicyclic) bond motifs is 2. The molecule has 1 saturated carbocycles. The first-order valence-corrected chi connectivity index (χ1v) is 10.3. The van der Waals surface area contributed by atoms with E-state index >= 15 is 0 Å². The first kappa shape index (κ1) is 17.6. The summed E-state index contributed by atoms with van der Waals surface area (Å²) in [5.41, 5.74) is 2.50. The van der Waals surface area contributed by atoms with E-state index in [0.29, 0.717) is 0 Å². The first-order chi connectivity index (χ1) is 13.8. The van der Waals surface area contributed by atoms with Crippen molar-refractivity contribution in [3.63, 3.8) is 0 Å². The van der Waals surface area contributed by atoms with Crippen molar-refractivity contribution in [3.05, 3.63) is 71.8 Å². The van der Waals surface area contributed by atoms with Gasteiger partial charge >= 0.3 is 0 Å². The van der Waals surface area contributed by atoms with Gasteiger partial charge < -0.3 is 14.8 Å². The van der Waals surface area contributed by atoms with Crippen LogP contribution in [0, 0.1) is 0 Å². The van der Waals surface area contributed by atoms with E-state index in [1.165, 1.54) is 34.7 Å².